The van der Waals surface area contributed by atoms with Gasteiger partial charge in [0.05, 0.1) is 11.6 Å². The average molecular weight is 385 g/mol. The second kappa shape index (κ2) is 9.93. The molecule has 1 rings (SSSR count). The summed E-state index contributed by atoms with van der Waals surface area (Å²) in [6, 6.07) is 8.13. The van der Waals surface area contributed by atoms with Gasteiger partial charge in [-0.05, 0) is 32.3 Å². The Morgan fingerprint density at radius 2 is 1.85 bits per heavy atom. The van der Waals surface area contributed by atoms with Gasteiger partial charge in [0.25, 0.3) is 0 Å². The summed E-state index contributed by atoms with van der Waals surface area (Å²) in [4.78, 5) is 11.4. The van der Waals surface area contributed by atoms with Crippen LogP contribution < -0.4 is 5.32 Å². The molecule has 0 aliphatic heterocycles. The minimum atomic E-state index is -4.94. The van der Waals surface area contributed by atoms with E-state index in [9.17, 15) is 18.0 Å². The van der Waals surface area contributed by atoms with Gasteiger partial charge in [-0.3, -0.25) is 4.79 Å². The first-order valence-corrected chi connectivity index (χ1v) is 9.32. The van der Waals surface area contributed by atoms with Gasteiger partial charge in [-0.25, -0.2) is 0 Å². The molecule has 0 bridgehead atoms. The predicted octanol–water partition coefficient (Wildman–Crippen LogP) is 5.58. The van der Waals surface area contributed by atoms with Crippen molar-refractivity contribution in [1.29, 1.82) is 0 Å². The first kappa shape index (κ1) is 23.2. The van der Waals surface area contributed by atoms with Gasteiger partial charge >= 0.3 is 12.1 Å². The molecule has 1 N–H and O–H groups in total. The first-order valence-electron chi connectivity index (χ1n) is 9.32. The number of carbonyl (C=O) groups is 1. The van der Waals surface area contributed by atoms with Crippen LogP contribution in [-0.2, 0) is 9.53 Å². The number of carbonyl (C=O) groups excluding carboxylic acids is 1. The maximum absolute atomic E-state index is 12.7. The van der Waals surface area contributed by atoms with E-state index in [2.05, 4.69) is 13.5 Å². The number of alkyl halides is 3. The molecule has 1 aromatic carbocycles. The van der Waals surface area contributed by atoms with Crippen molar-refractivity contribution in [2.45, 2.75) is 70.9 Å². The Labute approximate surface area is 160 Å². The summed E-state index contributed by atoms with van der Waals surface area (Å²) in [5.74, 6) is -1.92. The lowest BCUT2D eigenvalue weighted by Gasteiger charge is -2.40. The van der Waals surface area contributed by atoms with Crippen molar-refractivity contribution in [3.05, 3.63) is 48.6 Å². The van der Waals surface area contributed by atoms with Crippen LogP contribution in [0, 0.1) is 5.92 Å². The van der Waals surface area contributed by atoms with Crippen LogP contribution in [0.5, 0.6) is 0 Å². The van der Waals surface area contributed by atoms with Gasteiger partial charge in [0.15, 0.2) is 0 Å². The van der Waals surface area contributed by atoms with Crippen molar-refractivity contribution in [3.63, 3.8) is 0 Å². The molecule has 0 spiro atoms. The van der Waals surface area contributed by atoms with Gasteiger partial charge in [-0.1, -0.05) is 56.7 Å². The minimum Gasteiger partial charge on any atom is -0.365 e. The minimum absolute atomic E-state index is 0.0456. The van der Waals surface area contributed by atoms with Crippen LogP contribution >= 0.6 is 0 Å². The lowest BCUT2D eigenvalue weighted by atomic mass is 9.83. The van der Waals surface area contributed by atoms with Crippen LogP contribution in [0.25, 0.3) is 0 Å². The molecule has 3 nitrogen and oxygen atoms in total. The van der Waals surface area contributed by atoms with Crippen molar-refractivity contribution in [2.75, 3.05) is 0 Å². The highest BCUT2D eigenvalue weighted by atomic mass is 19.4. The number of hydrogen-bond donors (Lipinski definition) is 1. The SMILES string of the molecule is C=C[C@@H](CCC)[C@](C)(CC)O[C@@H](c1ccccc1)[C@H](C)NC(=O)C(F)(F)F. The fourth-order valence-electron chi connectivity index (χ4n) is 3.17. The monoisotopic (exact) mass is 385 g/mol. The van der Waals surface area contributed by atoms with E-state index in [1.165, 1.54) is 6.92 Å². The highest BCUT2D eigenvalue weighted by Crippen LogP contribution is 2.37. The lowest BCUT2D eigenvalue weighted by molar-refractivity contribution is -0.177. The molecule has 0 aliphatic rings. The summed E-state index contributed by atoms with van der Waals surface area (Å²) in [5, 5.41) is 2.04. The highest BCUT2D eigenvalue weighted by molar-refractivity contribution is 5.82. The molecule has 0 saturated carbocycles. The molecular formula is C21H30F3NO2. The third-order valence-electron chi connectivity index (χ3n) is 4.97. The normalized spacial score (nSPS) is 17.4. The Morgan fingerprint density at radius 1 is 1.26 bits per heavy atom. The van der Waals surface area contributed by atoms with E-state index in [-0.39, 0.29) is 5.92 Å². The Morgan fingerprint density at radius 3 is 2.30 bits per heavy atom. The van der Waals surface area contributed by atoms with E-state index in [0.717, 1.165) is 12.8 Å². The summed E-state index contributed by atoms with van der Waals surface area (Å²) in [6.07, 6.45) is -1.36. The summed E-state index contributed by atoms with van der Waals surface area (Å²) < 4.78 is 44.5. The third kappa shape index (κ3) is 6.38. The Balaban J connectivity index is 3.18. The summed E-state index contributed by atoms with van der Waals surface area (Å²) in [5.41, 5.74) is 0.0987. The largest absolute Gasteiger partial charge is 0.471 e. The smallest absolute Gasteiger partial charge is 0.365 e. The number of benzene rings is 1. The van der Waals surface area contributed by atoms with Crippen LogP contribution in [0.15, 0.2) is 43.0 Å². The standard InChI is InChI=1S/C21H30F3NO2/c1-6-12-17(7-2)20(5,8-3)27-18(16-13-10-9-11-14-16)15(4)25-19(26)21(22,23)24/h7,9-11,13-15,17-18H,2,6,8,12H2,1,3-5H3,(H,25,26)/t15-,17-,18+,20-/m0/s1. The zero-order valence-corrected chi connectivity index (χ0v) is 16.5. The van der Waals surface area contributed by atoms with E-state index in [1.807, 2.05) is 31.3 Å². The van der Waals surface area contributed by atoms with Gasteiger partial charge in [-0.15, -0.1) is 6.58 Å². The van der Waals surface area contributed by atoms with E-state index >= 15 is 0 Å². The maximum Gasteiger partial charge on any atom is 0.471 e. The molecular weight excluding hydrogens is 355 g/mol. The second-order valence-electron chi connectivity index (χ2n) is 7.01. The molecule has 27 heavy (non-hydrogen) atoms. The molecule has 6 heteroatoms. The zero-order valence-electron chi connectivity index (χ0n) is 16.5. The molecule has 0 aromatic heterocycles. The molecule has 0 unspecified atom stereocenters. The van der Waals surface area contributed by atoms with Gasteiger partial charge in [0.2, 0.25) is 0 Å². The number of amides is 1. The molecule has 0 radical (unpaired) electrons. The quantitative estimate of drug-likeness (QED) is 0.534. The first-order chi connectivity index (χ1) is 12.6. The van der Waals surface area contributed by atoms with E-state index < -0.39 is 29.8 Å². The fourth-order valence-corrected chi connectivity index (χ4v) is 3.17. The highest BCUT2D eigenvalue weighted by Gasteiger charge is 2.42. The van der Waals surface area contributed by atoms with E-state index in [4.69, 9.17) is 4.74 Å². The van der Waals surface area contributed by atoms with Crippen LogP contribution in [0.1, 0.15) is 58.6 Å². The molecule has 0 heterocycles. The number of rotatable bonds is 10. The van der Waals surface area contributed by atoms with Gasteiger partial charge < -0.3 is 10.1 Å². The molecule has 4 atom stereocenters. The van der Waals surface area contributed by atoms with Gasteiger partial charge in [0, 0.05) is 5.92 Å². The third-order valence-corrected chi connectivity index (χ3v) is 4.97. The number of ether oxygens (including phenoxy) is 1. The van der Waals surface area contributed by atoms with Gasteiger partial charge in [-0.2, -0.15) is 13.2 Å². The van der Waals surface area contributed by atoms with Crippen LogP contribution in [0.2, 0.25) is 0 Å². The predicted molar refractivity (Wildman–Crippen MR) is 101 cm³/mol. The zero-order chi connectivity index (χ0) is 20.7. The second-order valence-corrected chi connectivity index (χ2v) is 7.01. The number of hydrogen-bond acceptors (Lipinski definition) is 2. The van der Waals surface area contributed by atoms with Crippen LogP contribution in [-0.4, -0.2) is 23.7 Å². The lowest BCUT2D eigenvalue weighted by Crippen LogP contribution is -2.47. The summed E-state index contributed by atoms with van der Waals surface area (Å²) in [6.45, 7) is 11.4. The molecule has 0 saturated heterocycles. The molecule has 1 aromatic rings. The molecule has 1 amide bonds. The molecule has 0 aliphatic carbocycles. The van der Waals surface area contributed by atoms with Crippen molar-refractivity contribution >= 4 is 5.91 Å². The summed E-state index contributed by atoms with van der Waals surface area (Å²) >= 11 is 0. The van der Waals surface area contributed by atoms with Crippen molar-refractivity contribution in [2.24, 2.45) is 5.92 Å². The van der Waals surface area contributed by atoms with E-state index in [0.29, 0.717) is 12.0 Å². The average Bonchev–Trinajstić information content (AvgIpc) is 2.63. The Kier molecular flexibility index (Phi) is 8.54. The van der Waals surface area contributed by atoms with Crippen molar-refractivity contribution < 1.29 is 22.7 Å². The molecule has 152 valence electrons. The topological polar surface area (TPSA) is 38.3 Å². The van der Waals surface area contributed by atoms with Crippen LogP contribution in [0.4, 0.5) is 13.2 Å². The fraction of sp³-hybridized carbons (Fsp3) is 0.571. The van der Waals surface area contributed by atoms with Crippen molar-refractivity contribution in [1.82, 2.24) is 5.32 Å². The number of halogens is 3. The van der Waals surface area contributed by atoms with E-state index in [1.54, 1.807) is 24.3 Å². The maximum atomic E-state index is 12.7. The Bertz CT molecular complexity index is 603. The van der Waals surface area contributed by atoms with Crippen LogP contribution in [0.3, 0.4) is 0 Å². The molecule has 0 fully saturated rings. The summed E-state index contributed by atoms with van der Waals surface area (Å²) in [7, 11) is 0. The Hall–Kier alpha value is -1.82. The number of nitrogens with one attached hydrogen (secondary N) is 1. The van der Waals surface area contributed by atoms with Crippen molar-refractivity contribution in [3.8, 4) is 0 Å². The van der Waals surface area contributed by atoms with Gasteiger partial charge in [0.1, 0.15) is 6.10 Å².